The van der Waals surface area contributed by atoms with Crippen molar-refractivity contribution < 1.29 is 4.79 Å². The molecule has 7 nitrogen and oxygen atoms in total. The molecule has 172 valence electrons. The normalized spacial score (nSPS) is 17.1. The molecule has 2 aliphatic heterocycles. The first-order valence-corrected chi connectivity index (χ1v) is 11.9. The lowest BCUT2D eigenvalue weighted by molar-refractivity contribution is 0.0991. The van der Waals surface area contributed by atoms with Gasteiger partial charge >= 0.3 is 0 Å². The summed E-state index contributed by atoms with van der Waals surface area (Å²) in [7, 11) is 1.91. The van der Waals surface area contributed by atoms with Gasteiger partial charge in [0.15, 0.2) is 5.78 Å². The van der Waals surface area contributed by atoms with Crippen LogP contribution in [0.5, 0.6) is 0 Å². The summed E-state index contributed by atoms with van der Waals surface area (Å²) in [6, 6.07) is 12.1. The number of ketones is 1. The van der Waals surface area contributed by atoms with Crippen LogP contribution in [0.25, 0.3) is 21.9 Å². The average Bonchev–Trinajstić information content (AvgIpc) is 3.29. The number of carbonyl (C=O) groups is 1. The highest BCUT2D eigenvalue weighted by Crippen LogP contribution is 2.36. The third-order valence-corrected chi connectivity index (χ3v) is 7.37. The van der Waals surface area contributed by atoms with Gasteiger partial charge in [0, 0.05) is 74.0 Å². The van der Waals surface area contributed by atoms with Crippen LogP contribution in [-0.2, 0) is 13.5 Å². The van der Waals surface area contributed by atoms with E-state index < -0.39 is 0 Å². The maximum atomic E-state index is 13.1. The van der Waals surface area contributed by atoms with E-state index in [1.165, 1.54) is 12.8 Å². The maximum absolute atomic E-state index is 13.1. The Morgan fingerprint density at radius 3 is 2.59 bits per heavy atom. The largest absolute Gasteiger partial charge is 0.357 e. The molecule has 1 aromatic carbocycles. The molecule has 0 radical (unpaired) electrons. The zero-order chi connectivity index (χ0) is 23.1. The van der Waals surface area contributed by atoms with E-state index in [1.807, 2.05) is 43.8 Å². The minimum atomic E-state index is 0.0654. The Hall–Kier alpha value is -3.58. The second-order valence-electron chi connectivity index (χ2n) is 9.73. The van der Waals surface area contributed by atoms with Crippen molar-refractivity contribution in [1.82, 2.24) is 25.1 Å². The summed E-state index contributed by atoms with van der Waals surface area (Å²) in [5, 5.41) is 9.80. The topological polar surface area (TPSA) is 75.9 Å². The molecule has 2 fully saturated rings. The molecule has 0 atom stereocenters. The number of hydrogen-bond donors (Lipinski definition) is 1. The number of benzene rings is 1. The molecular formula is C27H28N6O. The molecule has 4 aromatic rings. The lowest BCUT2D eigenvalue weighted by Crippen LogP contribution is -2.58. The van der Waals surface area contributed by atoms with Crippen molar-refractivity contribution in [3.63, 3.8) is 0 Å². The number of piperidine rings is 1. The SMILES string of the molecule is Cn1cc(-c2ccc3cnc(CC(=O)c4ccnc(N5CCC6(CC5)CNC6)c4)cc3c2)cn1. The molecule has 2 aliphatic rings. The number of aryl methyl sites for hydroxylation is 1. The highest BCUT2D eigenvalue weighted by Gasteiger charge is 2.39. The van der Waals surface area contributed by atoms with Gasteiger partial charge in [-0.2, -0.15) is 5.10 Å². The Kier molecular flexibility index (Phi) is 5.14. The number of rotatable bonds is 5. The number of nitrogens with zero attached hydrogens (tertiary/aromatic N) is 5. The first-order chi connectivity index (χ1) is 16.6. The van der Waals surface area contributed by atoms with Crippen molar-refractivity contribution in [1.29, 1.82) is 0 Å². The van der Waals surface area contributed by atoms with E-state index in [-0.39, 0.29) is 12.2 Å². The fourth-order valence-corrected chi connectivity index (χ4v) is 5.11. The monoisotopic (exact) mass is 452 g/mol. The van der Waals surface area contributed by atoms with Gasteiger partial charge in [-0.3, -0.25) is 14.5 Å². The van der Waals surface area contributed by atoms with Crippen molar-refractivity contribution in [2.45, 2.75) is 19.3 Å². The smallest absolute Gasteiger partial charge is 0.169 e. The molecule has 0 amide bonds. The van der Waals surface area contributed by atoms with Crippen molar-refractivity contribution in [2.75, 3.05) is 31.1 Å². The van der Waals surface area contributed by atoms with Gasteiger partial charge in [-0.25, -0.2) is 4.98 Å². The zero-order valence-electron chi connectivity index (χ0n) is 19.4. The van der Waals surface area contributed by atoms with E-state index in [0.717, 1.165) is 59.6 Å². The molecule has 3 aromatic heterocycles. The first-order valence-electron chi connectivity index (χ1n) is 11.9. The van der Waals surface area contributed by atoms with Crippen LogP contribution < -0.4 is 10.2 Å². The van der Waals surface area contributed by atoms with Gasteiger partial charge in [-0.05, 0) is 53.5 Å². The van der Waals surface area contributed by atoms with Crippen molar-refractivity contribution >= 4 is 22.4 Å². The van der Waals surface area contributed by atoms with Gasteiger partial charge < -0.3 is 10.2 Å². The first kappa shape index (κ1) is 21.0. The number of hydrogen-bond acceptors (Lipinski definition) is 6. The lowest BCUT2D eigenvalue weighted by Gasteiger charge is -2.48. The average molecular weight is 453 g/mol. The van der Waals surface area contributed by atoms with Crippen LogP contribution in [0.2, 0.25) is 0 Å². The Balaban J connectivity index is 1.19. The molecule has 5 heterocycles. The van der Waals surface area contributed by atoms with E-state index in [9.17, 15) is 4.79 Å². The van der Waals surface area contributed by atoms with E-state index in [2.05, 4.69) is 43.5 Å². The fourth-order valence-electron chi connectivity index (χ4n) is 5.11. The quantitative estimate of drug-likeness (QED) is 0.466. The highest BCUT2D eigenvalue weighted by atomic mass is 16.1. The molecule has 0 aliphatic carbocycles. The Morgan fingerprint density at radius 1 is 1.00 bits per heavy atom. The number of fused-ring (bicyclic) bond motifs is 1. The van der Waals surface area contributed by atoms with E-state index in [0.29, 0.717) is 11.0 Å². The second-order valence-corrected chi connectivity index (χ2v) is 9.73. The molecule has 1 spiro atoms. The summed E-state index contributed by atoms with van der Waals surface area (Å²) in [4.78, 5) is 24.6. The van der Waals surface area contributed by atoms with Gasteiger partial charge in [0.1, 0.15) is 5.82 Å². The summed E-state index contributed by atoms with van der Waals surface area (Å²) in [6.45, 7) is 4.26. The molecule has 2 saturated heterocycles. The standard InChI is InChI=1S/C27H28N6O/c1-32-16-23(15-31-32)19-2-3-21-14-30-24(11-22(21)10-19)13-25(34)20-4-7-29-26(12-20)33-8-5-27(6-9-33)17-28-18-27/h2-4,7,10-12,14-16,28H,5-6,8-9,13,17-18H2,1H3. The third-order valence-electron chi connectivity index (χ3n) is 7.37. The molecule has 6 rings (SSSR count). The van der Waals surface area contributed by atoms with Crippen molar-refractivity contribution in [3.05, 3.63) is 72.4 Å². The molecule has 0 saturated carbocycles. The number of pyridine rings is 2. The third kappa shape index (κ3) is 3.96. The van der Waals surface area contributed by atoms with Crippen LogP contribution in [-0.4, -0.2) is 51.7 Å². The number of Topliss-reactive ketones (excluding diaryl/α,β-unsaturated/α-hetero) is 1. The van der Waals surface area contributed by atoms with Crippen LogP contribution in [0.3, 0.4) is 0 Å². The van der Waals surface area contributed by atoms with Crippen molar-refractivity contribution in [3.8, 4) is 11.1 Å². The molecular weight excluding hydrogens is 424 g/mol. The predicted molar refractivity (Wildman–Crippen MR) is 133 cm³/mol. The van der Waals surface area contributed by atoms with E-state index in [4.69, 9.17) is 0 Å². The summed E-state index contributed by atoms with van der Waals surface area (Å²) < 4.78 is 1.80. The van der Waals surface area contributed by atoms with Gasteiger partial charge in [-0.1, -0.05) is 12.1 Å². The van der Waals surface area contributed by atoms with Gasteiger partial charge in [0.05, 0.1) is 12.6 Å². The van der Waals surface area contributed by atoms with E-state index >= 15 is 0 Å². The molecule has 7 heteroatoms. The summed E-state index contributed by atoms with van der Waals surface area (Å²) >= 11 is 0. The van der Waals surface area contributed by atoms with Gasteiger partial charge in [0.25, 0.3) is 0 Å². The number of nitrogens with one attached hydrogen (secondary N) is 1. The van der Waals surface area contributed by atoms with Crippen molar-refractivity contribution in [2.24, 2.45) is 12.5 Å². The Morgan fingerprint density at radius 2 is 1.85 bits per heavy atom. The summed E-state index contributed by atoms with van der Waals surface area (Å²) in [5.41, 5.74) is 4.13. The summed E-state index contributed by atoms with van der Waals surface area (Å²) in [6.07, 6.45) is 10.1. The molecule has 34 heavy (non-hydrogen) atoms. The zero-order valence-corrected chi connectivity index (χ0v) is 19.4. The maximum Gasteiger partial charge on any atom is 0.169 e. The van der Waals surface area contributed by atoms with Crippen LogP contribution in [0.1, 0.15) is 28.9 Å². The fraction of sp³-hybridized carbons (Fsp3) is 0.333. The summed E-state index contributed by atoms with van der Waals surface area (Å²) in [5.74, 6) is 0.969. The minimum absolute atomic E-state index is 0.0654. The minimum Gasteiger partial charge on any atom is -0.357 e. The highest BCUT2D eigenvalue weighted by molar-refractivity contribution is 5.98. The van der Waals surface area contributed by atoms with Crippen LogP contribution in [0, 0.1) is 5.41 Å². The van der Waals surface area contributed by atoms with Crippen LogP contribution in [0.15, 0.2) is 61.2 Å². The molecule has 1 N–H and O–H groups in total. The van der Waals surface area contributed by atoms with Crippen LogP contribution in [0.4, 0.5) is 5.82 Å². The predicted octanol–water partition coefficient (Wildman–Crippen LogP) is 3.65. The number of aromatic nitrogens is 4. The van der Waals surface area contributed by atoms with Crippen LogP contribution >= 0.6 is 0 Å². The van der Waals surface area contributed by atoms with Gasteiger partial charge in [0.2, 0.25) is 0 Å². The second kappa shape index (κ2) is 8.33. The molecule has 0 bridgehead atoms. The Bertz CT molecular complexity index is 1360. The number of anilines is 1. The van der Waals surface area contributed by atoms with Gasteiger partial charge in [-0.15, -0.1) is 0 Å². The Labute approximate surface area is 198 Å². The lowest BCUT2D eigenvalue weighted by atomic mass is 9.73. The van der Waals surface area contributed by atoms with E-state index in [1.54, 1.807) is 10.9 Å². The molecule has 0 unspecified atom stereocenters. The number of carbonyl (C=O) groups excluding carboxylic acids is 1.